The van der Waals surface area contributed by atoms with Crippen LogP contribution in [0.2, 0.25) is 0 Å². The maximum Gasteiger partial charge on any atom is 0.269 e. The number of anilines is 1. The van der Waals surface area contributed by atoms with Crippen LogP contribution < -0.4 is 10.6 Å². The summed E-state index contributed by atoms with van der Waals surface area (Å²) in [5, 5.41) is 6.28. The summed E-state index contributed by atoms with van der Waals surface area (Å²) in [4.78, 5) is 15.9. The number of nitrogens with zero attached hydrogens (tertiary/aromatic N) is 1. The Hall–Kier alpha value is -1.58. The Kier molecular flexibility index (Phi) is 4.56. The molecule has 1 saturated carbocycles. The first kappa shape index (κ1) is 12.9. The molecule has 18 heavy (non-hydrogen) atoms. The molecule has 0 aromatic carbocycles. The fourth-order valence-electron chi connectivity index (χ4n) is 2.25. The van der Waals surface area contributed by atoms with E-state index in [0.717, 1.165) is 12.1 Å². The lowest BCUT2D eigenvalue weighted by atomic mass is 10.2. The first-order chi connectivity index (χ1) is 8.79. The Labute approximate surface area is 108 Å². The highest BCUT2D eigenvalue weighted by Gasteiger charge is 2.14. The average molecular weight is 247 g/mol. The number of nitrogens with one attached hydrogen (secondary N) is 2. The van der Waals surface area contributed by atoms with Crippen LogP contribution in [0.1, 0.15) is 49.5 Å². The van der Waals surface area contributed by atoms with Crippen molar-refractivity contribution in [1.82, 2.24) is 10.3 Å². The van der Waals surface area contributed by atoms with E-state index >= 15 is 0 Å². The van der Waals surface area contributed by atoms with Gasteiger partial charge in [0.2, 0.25) is 0 Å². The largest absolute Gasteiger partial charge is 0.381 e. The maximum absolute atomic E-state index is 11.7. The lowest BCUT2D eigenvalue weighted by molar-refractivity contribution is 0.0949. The highest BCUT2D eigenvalue weighted by atomic mass is 16.1. The second kappa shape index (κ2) is 6.38. The highest BCUT2D eigenvalue weighted by Crippen LogP contribution is 2.21. The summed E-state index contributed by atoms with van der Waals surface area (Å²) in [6, 6.07) is 4.29. The minimum Gasteiger partial charge on any atom is -0.381 e. The first-order valence-electron chi connectivity index (χ1n) is 6.80. The summed E-state index contributed by atoms with van der Waals surface area (Å²) < 4.78 is 0. The standard InChI is InChI=1S/C14H21N3O/c1-2-9-15-14(18)13-8-7-12(10-16-13)17-11-5-3-4-6-11/h7-8,10-11,17H,2-6,9H2,1H3,(H,15,18). The van der Waals surface area contributed by atoms with E-state index in [1.165, 1.54) is 25.7 Å². The Morgan fingerprint density at radius 1 is 1.39 bits per heavy atom. The van der Waals surface area contributed by atoms with Gasteiger partial charge in [-0.25, -0.2) is 4.98 Å². The van der Waals surface area contributed by atoms with Gasteiger partial charge in [0, 0.05) is 12.6 Å². The molecule has 0 spiro atoms. The number of aromatic nitrogens is 1. The molecule has 0 saturated heterocycles. The van der Waals surface area contributed by atoms with E-state index in [1.807, 2.05) is 13.0 Å². The first-order valence-corrected chi connectivity index (χ1v) is 6.80. The predicted molar refractivity (Wildman–Crippen MR) is 72.7 cm³/mol. The van der Waals surface area contributed by atoms with Crippen molar-refractivity contribution in [3.8, 4) is 0 Å². The summed E-state index contributed by atoms with van der Waals surface area (Å²) in [6.07, 6.45) is 7.77. The SMILES string of the molecule is CCCNC(=O)c1ccc(NC2CCCC2)cn1. The zero-order chi connectivity index (χ0) is 12.8. The van der Waals surface area contributed by atoms with E-state index in [0.29, 0.717) is 18.3 Å². The van der Waals surface area contributed by atoms with E-state index in [1.54, 1.807) is 12.3 Å². The number of hydrogen-bond acceptors (Lipinski definition) is 3. The van der Waals surface area contributed by atoms with Crippen LogP contribution in [0.25, 0.3) is 0 Å². The van der Waals surface area contributed by atoms with Crippen LogP contribution in [-0.4, -0.2) is 23.5 Å². The zero-order valence-corrected chi connectivity index (χ0v) is 10.9. The van der Waals surface area contributed by atoms with Gasteiger partial charge in [-0.3, -0.25) is 4.79 Å². The number of carbonyl (C=O) groups is 1. The molecule has 4 heteroatoms. The Bertz CT molecular complexity index is 383. The Balaban J connectivity index is 1.90. The number of carbonyl (C=O) groups excluding carboxylic acids is 1. The van der Waals surface area contributed by atoms with Crippen LogP contribution >= 0.6 is 0 Å². The van der Waals surface area contributed by atoms with Crippen molar-refractivity contribution in [2.24, 2.45) is 0 Å². The van der Waals surface area contributed by atoms with Crippen molar-refractivity contribution >= 4 is 11.6 Å². The lowest BCUT2D eigenvalue weighted by Gasteiger charge is -2.13. The molecule has 0 radical (unpaired) electrons. The van der Waals surface area contributed by atoms with Crippen LogP contribution in [0.5, 0.6) is 0 Å². The molecule has 4 nitrogen and oxygen atoms in total. The van der Waals surface area contributed by atoms with Gasteiger partial charge in [-0.15, -0.1) is 0 Å². The maximum atomic E-state index is 11.7. The Morgan fingerprint density at radius 2 is 2.17 bits per heavy atom. The summed E-state index contributed by atoms with van der Waals surface area (Å²) in [5.41, 5.74) is 1.49. The summed E-state index contributed by atoms with van der Waals surface area (Å²) in [5.74, 6) is -0.0933. The van der Waals surface area contributed by atoms with Crippen molar-refractivity contribution in [1.29, 1.82) is 0 Å². The van der Waals surface area contributed by atoms with Gasteiger partial charge in [0.25, 0.3) is 5.91 Å². The van der Waals surface area contributed by atoms with Gasteiger partial charge < -0.3 is 10.6 Å². The molecule has 0 bridgehead atoms. The van der Waals surface area contributed by atoms with Crippen molar-refractivity contribution in [2.45, 2.75) is 45.1 Å². The van der Waals surface area contributed by atoms with Gasteiger partial charge in [0.1, 0.15) is 5.69 Å². The predicted octanol–water partition coefficient (Wildman–Crippen LogP) is 2.58. The van der Waals surface area contributed by atoms with E-state index in [2.05, 4.69) is 15.6 Å². The minimum absolute atomic E-state index is 0.0933. The average Bonchev–Trinajstić information content (AvgIpc) is 2.89. The number of amides is 1. The molecule has 98 valence electrons. The third-order valence-corrected chi connectivity index (χ3v) is 3.26. The molecule has 1 amide bonds. The molecule has 1 aliphatic rings. The quantitative estimate of drug-likeness (QED) is 0.840. The molecule has 2 rings (SSSR count). The van der Waals surface area contributed by atoms with Gasteiger partial charge in [-0.1, -0.05) is 19.8 Å². The molecule has 1 aromatic rings. The molecular weight excluding hydrogens is 226 g/mol. The second-order valence-electron chi connectivity index (χ2n) is 4.81. The molecule has 1 heterocycles. The number of hydrogen-bond donors (Lipinski definition) is 2. The molecule has 0 atom stereocenters. The van der Waals surface area contributed by atoms with Crippen molar-refractivity contribution in [2.75, 3.05) is 11.9 Å². The highest BCUT2D eigenvalue weighted by molar-refractivity contribution is 5.92. The van der Waals surface area contributed by atoms with Crippen molar-refractivity contribution < 1.29 is 4.79 Å². The smallest absolute Gasteiger partial charge is 0.269 e. The van der Waals surface area contributed by atoms with E-state index in [9.17, 15) is 4.79 Å². The summed E-state index contributed by atoms with van der Waals surface area (Å²) in [6.45, 7) is 2.73. The minimum atomic E-state index is -0.0933. The van der Waals surface area contributed by atoms with E-state index in [4.69, 9.17) is 0 Å². The van der Waals surface area contributed by atoms with E-state index in [-0.39, 0.29) is 5.91 Å². The third kappa shape index (κ3) is 3.45. The van der Waals surface area contributed by atoms with Gasteiger partial charge in [0.15, 0.2) is 0 Å². The van der Waals surface area contributed by atoms with Gasteiger partial charge in [-0.05, 0) is 31.4 Å². The zero-order valence-electron chi connectivity index (χ0n) is 10.9. The number of pyridine rings is 1. The van der Waals surface area contributed by atoms with E-state index < -0.39 is 0 Å². The monoisotopic (exact) mass is 247 g/mol. The van der Waals surface area contributed by atoms with Crippen LogP contribution in [0.3, 0.4) is 0 Å². The van der Waals surface area contributed by atoms with Crippen LogP contribution in [0, 0.1) is 0 Å². The molecule has 0 unspecified atom stereocenters. The van der Waals surface area contributed by atoms with Crippen LogP contribution in [0.4, 0.5) is 5.69 Å². The lowest BCUT2D eigenvalue weighted by Crippen LogP contribution is -2.25. The van der Waals surface area contributed by atoms with Gasteiger partial charge in [0.05, 0.1) is 11.9 Å². The van der Waals surface area contributed by atoms with Crippen molar-refractivity contribution in [3.05, 3.63) is 24.0 Å². The summed E-state index contributed by atoms with van der Waals surface area (Å²) in [7, 11) is 0. The molecule has 1 aliphatic carbocycles. The normalized spacial score (nSPS) is 15.6. The molecule has 0 aliphatic heterocycles. The fraction of sp³-hybridized carbons (Fsp3) is 0.571. The second-order valence-corrected chi connectivity index (χ2v) is 4.81. The van der Waals surface area contributed by atoms with Crippen LogP contribution in [-0.2, 0) is 0 Å². The fourth-order valence-corrected chi connectivity index (χ4v) is 2.25. The molecular formula is C14H21N3O. The van der Waals surface area contributed by atoms with Crippen molar-refractivity contribution in [3.63, 3.8) is 0 Å². The van der Waals surface area contributed by atoms with Crippen LogP contribution in [0.15, 0.2) is 18.3 Å². The molecule has 2 N–H and O–H groups in total. The molecule has 1 aromatic heterocycles. The topological polar surface area (TPSA) is 54.0 Å². The van der Waals surface area contributed by atoms with Gasteiger partial charge in [-0.2, -0.15) is 0 Å². The molecule has 1 fully saturated rings. The third-order valence-electron chi connectivity index (χ3n) is 3.26. The summed E-state index contributed by atoms with van der Waals surface area (Å²) >= 11 is 0. The van der Waals surface area contributed by atoms with Gasteiger partial charge >= 0.3 is 0 Å². The Morgan fingerprint density at radius 3 is 2.78 bits per heavy atom. The number of rotatable bonds is 5.